The molecule has 2 aromatic carbocycles. The van der Waals surface area contributed by atoms with Gasteiger partial charge in [-0.2, -0.15) is 4.99 Å². The summed E-state index contributed by atoms with van der Waals surface area (Å²) in [5.74, 6) is -0.481. The van der Waals surface area contributed by atoms with E-state index in [0.29, 0.717) is 24.7 Å². The van der Waals surface area contributed by atoms with Gasteiger partial charge in [0, 0.05) is 23.9 Å². The Morgan fingerprint density at radius 1 is 1.11 bits per heavy atom. The Bertz CT molecular complexity index is 1460. The number of aromatic amines is 1. The lowest BCUT2D eigenvalue weighted by molar-refractivity contribution is 0.0989. The van der Waals surface area contributed by atoms with Crippen molar-refractivity contribution in [2.75, 3.05) is 0 Å². The Labute approximate surface area is 200 Å². The molecule has 0 unspecified atom stereocenters. The second-order valence-corrected chi connectivity index (χ2v) is 8.51. The minimum atomic E-state index is -0.486. The van der Waals surface area contributed by atoms with E-state index < -0.39 is 5.91 Å². The highest BCUT2D eigenvalue weighted by atomic mass is 16.5. The molecule has 1 aliphatic carbocycles. The topological polar surface area (TPSA) is 130 Å². The van der Waals surface area contributed by atoms with Gasteiger partial charge in [-0.15, -0.1) is 0 Å². The summed E-state index contributed by atoms with van der Waals surface area (Å²) in [4.78, 5) is 36.2. The number of ether oxygens (including phenoxy) is 1. The van der Waals surface area contributed by atoms with Crippen molar-refractivity contribution in [1.82, 2.24) is 14.5 Å². The molecule has 1 saturated carbocycles. The van der Waals surface area contributed by atoms with Crippen LogP contribution in [0.5, 0.6) is 17.4 Å². The van der Waals surface area contributed by atoms with Crippen LogP contribution in [0.3, 0.4) is 0 Å². The van der Waals surface area contributed by atoms with Crippen molar-refractivity contribution in [3.63, 3.8) is 0 Å². The van der Waals surface area contributed by atoms with Gasteiger partial charge in [-0.25, -0.2) is 4.98 Å². The summed E-state index contributed by atoms with van der Waals surface area (Å²) >= 11 is 0. The fraction of sp³-hybridized carbons (Fsp3) is 0.231. The van der Waals surface area contributed by atoms with Gasteiger partial charge in [0.15, 0.2) is 6.29 Å². The Balaban J connectivity index is 1.49. The summed E-state index contributed by atoms with van der Waals surface area (Å²) in [7, 11) is 0. The number of aromatic hydroxyl groups is 1. The van der Waals surface area contributed by atoms with Crippen molar-refractivity contribution in [3.05, 3.63) is 77.5 Å². The summed E-state index contributed by atoms with van der Waals surface area (Å²) in [5.41, 5.74) is 2.51. The second kappa shape index (κ2) is 9.55. The van der Waals surface area contributed by atoms with Gasteiger partial charge < -0.3 is 24.5 Å². The molecule has 5 rings (SSSR count). The number of aldehydes is 1. The van der Waals surface area contributed by atoms with E-state index in [-0.39, 0.29) is 40.7 Å². The molecule has 2 aromatic heterocycles. The molecule has 2 heterocycles. The van der Waals surface area contributed by atoms with E-state index in [1.54, 1.807) is 6.07 Å². The van der Waals surface area contributed by atoms with Crippen LogP contribution >= 0.6 is 0 Å². The third kappa shape index (κ3) is 4.58. The van der Waals surface area contributed by atoms with Crippen molar-refractivity contribution < 1.29 is 24.5 Å². The first-order chi connectivity index (χ1) is 17.0. The van der Waals surface area contributed by atoms with Gasteiger partial charge in [-0.3, -0.25) is 9.59 Å². The Morgan fingerprint density at radius 3 is 2.71 bits per heavy atom. The van der Waals surface area contributed by atoms with Crippen LogP contribution in [-0.2, 0) is 0 Å². The third-order valence-corrected chi connectivity index (χ3v) is 6.23. The fourth-order valence-corrected chi connectivity index (χ4v) is 4.46. The second-order valence-electron chi connectivity index (χ2n) is 8.51. The molecule has 9 nitrogen and oxygen atoms in total. The number of para-hydroxylation sites is 2. The number of aromatic nitrogens is 3. The molecule has 0 atom stereocenters. The molecule has 0 radical (unpaired) electrons. The lowest BCUT2D eigenvalue weighted by Gasteiger charge is -2.27. The number of rotatable bonds is 5. The van der Waals surface area contributed by atoms with Gasteiger partial charge in [-0.05, 0) is 56.0 Å². The predicted octanol–water partition coefficient (Wildman–Crippen LogP) is 3.89. The number of benzene rings is 2. The number of pyridine rings is 1. The predicted molar refractivity (Wildman–Crippen MR) is 127 cm³/mol. The molecule has 0 spiro atoms. The number of fused-ring (bicyclic) bond motifs is 1. The van der Waals surface area contributed by atoms with Gasteiger partial charge >= 0.3 is 0 Å². The molecule has 3 N–H and O–H groups in total. The zero-order chi connectivity index (χ0) is 24.4. The van der Waals surface area contributed by atoms with E-state index in [2.05, 4.69) is 15.0 Å². The summed E-state index contributed by atoms with van der Waals surface area (Å²) in [6.07, 6.45) is 4.61. The van der Waals surface area contributed by atoms with Crippen molar-refractivity contribution in [2.24, 2.45) is 4.99 Å². The monoisotopic (exact) mass is 472 g/mol. The summed E-state index contributed by atoms with van der Waals surface area (Å²) < 4.78 is 7.71. The van der Waals surface area contributed by atoms with Gasteiger partial charge in [0.05, 0.1) is 22.7 Å². The van der Waals surface area contributed by atoms with E-state index in [4.69, 9.17) is 4.74 Å². The van der Waals surface area contributed by atoms with Crippen LogP contribution in [0, 0.1) is 0 Å². The van der Waals surface area contributed by atoms with E-state index in [1.807, 2.05) is 28.8 Å². The SMILES string of the molecule is O=Cc1c(O)cccc1Oc1cc(C(=O)/N=c2\[nH]c3ccccc3n2[C@H]2CC[C@@H](O)CC2)ccn1. The number of carbonyl (C=O) groups is 2. The molecule has 4 aromatic rings. The van der Waals surface area contributed by atoms with Gasteiger partial charge in [0.1, 0.15) is 11.5 Å². The van der Waals surface area contributed by atoms with Gasteiger partial charge in [-0.1, -0.05) is 18.2 Å². The maximum absolute atomic E-state index is 13.1. The standard InChI is InChI=1S/C26H24N4O5/c31-15-19-22(33)6-3-7-23(19)35-24-14-16(12-13-27-24)25(34)29-26-28-20-4-1-2-5-21(20)30(26)17-8-10-18(32)11-9-17/h1-7,12-15,17-18,32-33H,8-11H2,(H,28,29,34)/t17-,18+. The number of hydrogen-bond acceptors (Lipinski definition) is 6. The van der Waals surface area contributed by atoms with Crippen LogP contribution < -0.4 is 10.4 Å². The number of aliphatic hydroxyl groups is 1. The zero-order valence-corrected chi connectivity index (χ0v) is 18.8. The summed E-state index contributed by atoms with van der Waals surface area (Å²) in [6, 6.07) is 15.3. The van der Waals surface area contributed by atoms with Crippen LogP contribution in [0.1, 0.15) is 52.4 Å². The average Bonchev–Trinajstić information content (AvgIpc) is 3.22. The highest BCUT2D eigenvalue weighted by Crippen LogP contribution is 2.31. The molecular formula is C26H24N4O5. The highest BCUT2D eigenvalue weighted by molar-refractivity contribution is 5.95. The highest BCUT2D eigenvalue weighted by Gasteiger charge is 2.23. The van der Waals surface area contributed by atoms with Crippen molar-refractivity contribution in [2.45, 2.75) is 37.8 Å². The van der Waals surface area contributed by atoms with Crippen LogP contribution in [0.15, 0.2) is 65.8 Å². The summed E-state index contributed by atoms with van der Waals surface area (Å²) in [5, 5.41) is 19.8. The molecular weight excluding hydrogens is 448 g/mol. The van der Waals surface area contributed by atoms with Crippen LogP contribution in [0.2, 0.25) is 0 Å². The minimum absolute atomic E-state index is 0.00700. The molecule has 1 amide bonds. The van der Waals surface area contributed by atoms with Crippen LogP contribution in [0.25, 0.3) is 11.0 Å². The molecule has 0 bridgehead atoms. The number of hydrogen-bond donors (Lipinski definition) is 3. The smallest absolute Gasteiger partial charge is 0.280 e. The summed E-state index contributed by atoms with van der Waals surface area (Å²) in [6.45, 7) is 0. The van der Waals surface area contributed by atoms with E-state index in [0.717, 1.165) is 23.9 Å². The number of nitrogens with zero attached hydrogens (tertiary/aromatic N) is 3. The third-order valence-electron chi connectivity index (χ3n) is 6.23. The normalized spacial score (nSPS) is 18.5. The molecule has 9 heteroatoms. The number of carbonyl (C=O) groups excluding carboxylic acids is 2. The zero-order valence-electron chi connectivity index (χ0n) is 18.8. The first-order valence-electron chi connectivity index (χ1n) is 11.4. The number of imidazole rings is 1. The first-order valence-corrected chi connectivity index (χ1v) is 11.4. The Hall–Kier alpha value is -4.24. The Kier molecular flexibility index (Phi) is 6.15. The number of H-pyrrole nitrogens is 1. The number of nitrogens with one attached hydrogen (secondary N) is 1. The molecule has 0 aliphatic heterocycles. The molecule has 35 heavy (non-hydrogen) atoms. The minimum Gasteiger partial charge on any atom is -0.507 e. The lowest BCUT2D eigenvalue weighted by Crippen LogP contribution is -2.29. The van der Waals surface area contributed by atoms with Crippen molar-refractivity contribution in [3.8, 4) is 17.4 Å². The largest absolute Gasteiger partial charge is 0.507 e. The molecule has 178 valence electrons. The number of phenols is 1. The maximum Gasteiger partial charge on any atom is 0.280 e. The lowest BCUT2D eigenvalue weighted by atomic mass is 9.93. The molecule has 1 aliphatic rings. The quantitative estimate of drug-likeness (QED) is 0.378. The number of aliphatic hydroxyl groups excluding tert-OH is 1. The first kappa shape index (κ1) is 22.5. The van der Waals surface area contributed by atoms with Crippen LogP contribution in [-0.4, -0.2) is 43.0 Å². The number of amides is 1. The van der Waals surface area contributed by atoms with E-state index >= 15 is 0 Å². The van der Waals surface area contributed by atoms with Crippen molar-refractivity contribution in [1.29, 1.82) is 0 Å². The van der Waals surface area contributed by atoms with Crippen molar-refractivity contribution >= 4 is 23.2 Å². The van der Waals surface area contributed by atoms with E-state index in [9.17, 15) is 19.8 Å². The van der Waals surface area contributed by atoms with E-state index in [1.165, 1.54) is 30.5 Å². The molecule has 0 saturated heterocycles. The maximum atomic E-state index is 13.1. The number of phenolic OH excluding ortho intramolecular Hbond substituents is 1. The molecule has 1 fully saturated rings. The van der Waals surface area contributed by atoms with Gasteiger partial charge in [0.2, 0.25) is 11.5 Å². The Morgan fingerprint density at radius 2 is 1.91 bits per heavy atom. The van der Waals surface area contributed by atoms with Gasteiger partial charge in [0.25, 0.3) is 5.91 Å². The average molecular weight is 473 g/mol. The fourth-order valence-electron chi connectivity index (χ4n) is 4.46. The van der Waals surface area contributed by atoms with Crippen LogP contribution in [0.4, 0.5) is 0 Å².